The lowest BCUT2D eigenvalue weighted by atomic mass is 10.1. The third-order valence-electron chi connectivity index (χ3n) is 4.87. The van der Waals surface area contributed by atoms with E-state index in [0.29, 0.717) is 27.6 Å². The molecule has 5 nitrogen and oxygen atoms in total. The highest BCUT2D eigenvalue weighted by Gasteiger charge is 2.22. The normalized spacial score (nSPS) is 10.7. The zero-order valence-electron chi connectivity index (χ0n) is 16.3. The standard InChI is InChI=1S/C24H19ClN2O3/c1-30-19-9-6-8-18(14-19)27(24(29)20-10-3-4-11-21(20)25)15-17-13-16-7-2-5-12-22(16)26-23(17)28/h2-14H,15H2,1H3,(H,26,28). The van der Waals surface area contributed by atoms with Crippen LogP contribution in [0.3, 0.4) is 0 Å². The van der Waals surface area contributed by atoms with Crippen LogP contribution < -0.4 is 15.2 Å². The minimum Gasteiger partial charge on any atom is -0.497 e. The molecule has 0 aliphatic heterocycles. The van der Waals surface area contributed by atoms with E-state index in [1.807, 2.05) is 24.3 Å². The van der Waals surface area contributed by atoms with E-state index in [1.54, 1.807) is 61.7 Å². The highest BCUT2D eigenvalue weighted by Crippen LogP contribution is 2.26. The van der Waals surface area contributed by atoms with E-state index in [2.05, 4.69) is 4.98 Å². The molecule has 0 saturated heterocycles. The van der Waals surface area contributed by atoms with Crippen molar-refractivity contribution in [2.75, 3.05) is 12.0 Å². The van der Waals surface area contributed by atoms with E-state index >= 15 is 0 Å². The maximum absolute atomic E-state index is 13.4. The first-order chi connectivity index (χ1) is 14.6. The Bertz CT molecular complexity index is 1280. The van der Waals surface area contributed by atoms with Crippen molar-refractivity contribution in [3.63, 3.8) is 0 Å². The zero-order valence-corrected chi connectivity index (χ0v) is 17.0. The van der Waals surface area contributed by atoms with Gasteiger partial charge in [-0.15, -0.1) is 0 Å². The molecule has 0 atom stereocenters. The molecule has 0 bridgehead atoms. The van der Waals surface area contributed by atoms with Crippen molar-refractivity contribution >= 4 is 34.1 Å². The predicted octanol–water partition coefficient (Wildman–Crippen LogP) is 5.04. The number of amides is 1. The van der Waals surface area contributed by atoms with Gasteiger partial charge in [-0.2, -0.15) is 0 Å². The van der Waals surface area contributed by atoms with Crippen molar-refractivity contribution in [1.82, 2.24) is 4.98 Å². The average Bonchev–Trinajstić information content (AvgIpc) is 2.77. The Kier molecular flexibility index (Phi) is 5.55. The number of para-hydroxylation sites is 1. The molecular weight excluding hydrogens is 400 g/mol. The van der Waals surface area contributed by atoms with Crippen LogP contribution in [-0.2, 0) is 6.54 Å². The quantitative estimate of drug-likeness (QED) is 0.494. The third kappa shape index (κ3) is 3.93. The number of pyridine rings is 1. The SMILES string of the molecule is COc1cccc(N(Cc2cc3ccccc3[nH]c2=O)C(=O)c2ccccc2Cl)c1. The molecule has 0 unspecified atom stereocenters. The van der Waals surface area contributed by atoms with Gasteiger partial charge in [0.15, 0.2) is 0 Å². The maximum Gasteiger partial charge on any atom is 0.260 e. The van der Waals surface area contributed by atoms with E-state index < -0.39 is 0 Å². The van der Waals surface area contributed by atoms with Crippen LogP contribution in [0.4, 0.5) is 5.69 Å². The molecule has 1 aromatic heterocycles. The molecule has 0 fully saturated rings. The average molecular weight is 419 g/mol. The summed E-state index contributed by atoms with van der Waals surface area (Å²) in [6, 6.07) is 23.3. The summed E-state index contributed by atoms with van der Waals surface area (Å²) in [5, 5.41) is 1.24. The Hall–Kier alpha value is -3.57. The molecule has 1 heterocycles. The minimum absolute atomic E-state index is 0.0807. The summed E-state index contributed by atoms with van der Waals surface area (Å²) in [5.41, 5.74) is 1.94. The Morgan fingerprint density at radius 3 is 2.57 bits per heavy atom. The first-order valence-electron chi connectivity index (χ1n) is 9.38. The highest BCUT2D eigenvalue weighted by atomic mass is 35.5. The Labute approximate surface area is 178 Å². The van der Waals surface area contributed by atoms with Gasteiger partial charge >= 0.3 is 0 Å². The molecule has 0 spiro atoms. The Morgan fingerprint density at radius 1 is 1.00 bits per heavy atom. The molecule has 3 aromatic carbocycles. The van der Waals surface area contributed by atoms with Gasteiger partial charge in [-0.05, 0) is 41.8 Å². The summed E-state index contributed by atoms with van der Waals surface area (Å²) in [6.45, 7) is 0.0807. The summed E-state index contributed by atoms with van der Waals surface area (Å²) in [4.78, 5) is 30.6. The summed E-state index contributed by atoms with van der Waals surface area (Å²) >= 11 is 6.28. The second-order valence-corrected chi connectivity index (χ2v) is 7.19. The van der Waals surface area contributed by atoms with Gasteiger partial charge in [0, 0.05) is 22.8 Å². The number of halogens is 1. The minimum atomic E-state index is -0.304. The van der Waals surface area contributed by atoms with E-state index in [1.165, 1.54) is 4.90 Å². The fourth-order valence-corrected chi connectivity index (χ4v) is 3.54. The van der Waals surface area contributed by atoms with Gasteiger partial charge in [-0.3, -0.25) is 9.59 Å². The number of rotatable bonds is 5. The number of nitrogens with zero attached hydrogens (tertiary/aromatic N) is 1. The van der Waals surface area contributed by atoms with Crippen LogP contribution in [0, 0.1) is 0 Å². The number of benzene rings is 3. The largest absolute Gasteiger partial charge is 0.497 e. The van der Waals surface area contributed by atoms with Crippen LogP contribution in [0.15, 0.2) is 83.7 Å². The summed E-state index contributed by atoms with van der Waals surface area (Å²) in [5.74, 6) is 0.304. The topological polar surface area (TPSA) is 62.4 Å². The number of H-pyrrole nitrogens is 1. The van der Waals surface area contributed by atoms with Crippen LogP contribution in [-0.4, -0.2) is 18.0 Å². The second kappa shape index (κ2) is 8.43. The van der Waals surface area contributed by atoms with E-state index in [0.717, 1.165) is 10.9 Å². The molecule has 0 radical (unpaired) electrons. The Balaban J connectivity index is 1.81. The van der Waals surface area contributed by atoms with Gasteiger partial charge < -0.3 is 14.6 Å². The second-order valence-electron chi connectivity index (χ2n) is 6.78. The summed E-state index contributed by atoms with van der Waals surface area (Å²) < 4.78 is 5.31. The predicted molar refractivity (Wildman–Crippen MR) is 120 cm³/mol. The highest BCUT2D eigenvalue weighted by molar-refractivity contribution is 6.34. The fraction of sp³-hybridized carbons (Fsp3) is 0.0833. The Morgan fingerprint density at radius 2 is 1.77 bits per heavy atom. The van der Waals surface area contributed by atoms with Crippen molar-refractivity contribution < 1.29 is 9.53 Å². The molecule has 1 amide bonds. The van der Waals surface area contributed by atoms with Crippen LogP contribution in [0.1, 0.15) is 15.9 Å². The number of carbonyl (C=O) groups excluding carboxylic acids is 1. The van der Waals surface area contributed by atoms with Gasteiger partial charge in [0.2, 0.25) is 0 Å². The zero-order chi connectivity index (χ0) is 21.1. The van der Waals surface area contributed by atoms with Gasteiger partial charge in [0.1, 0.15) is 5.75 Å². The third-order valence-corrected chi connectivity index (χ3v) is 5.20. The van der Waals surface area contributed by atoms with Crippen molar-refractivity contribution in [3.05, 3.63) is 105 Å². The number of ether oxygens (including phenoxy) is 1. The molecule has 6 heteroatoms. The van der Waals surface area contributed by atoms with Gasteiger partial charge in [-0.1, -0.05) is 48.0 Å². The van der Waals surface area contributed by atoms with Crippen molar-refractivity contribution in [3.8, 4) is 5.75 Å². The van der Waals surface area contributed by atoms with Crippen LogP contribution >= 0.6 is 11.6 Å². The smallest absolute Gasteiger partial charge is 0.260 e. The van der Waals surface area contributed by atoms with Gasteiger partial charge in [0.05, 0.1) is 24.2 Å². The lowest BCUT2D eigenvalue weighted by Gasteiger charge is -2.24. The number of nitrogens with one attached hydrogen (secondary N) is 1. The molecule has 4 rings (SSSR count). The molecule has 0 aliphatic rings. The molecule has 1 N–H and O–H groups in total. The summed E-state index contributed by atoms with van der Waals surface area (Å²) in [6.07, 6.45) is 0. The summed E-state index contributed by atoms with van der Waals surface area (Å²) in [7, 11) is 1.56. The number of aromatic amines is 1. The molecule has 30 heavy (non-hydrogen) atoms. The van der Waals surface area contributed by atoms with Gasteiger partial charge in [0.25, 0.3) is 11.5 Å². The first kappa shape index (κ1) is 19.7. The monoisotopic (exact) mass is 418 g/mol. The van der Waals surface area contributed by atoms with E-state index in [4.69, 9.17) is 16.3 Å². The molecule has 0 saturated carbocycles. The molecular formula is C24H19ClN2O3. The lowest BCUT2D eigenvalue weighted by molar-refractivity contribution is 0.0985. The van der Waals surface area contributed by atoms with Crippen LogP contribution in [0.5, 0.6) is 5.75 Å². The van der Waals surface area contributed by atoms with Crippen LogP contribution in [0.2, 0.25) is 5.02 Å². The fourth-order valence-electron chi connectivity index (χ4n) is 3.32. The maximum atomic E-state index is 13.4. The van der Waals surface area contributed by atoms with E-state index in [9.17, 15) is 9.59 Å². The van der Waals surface area contributed by atoms with E-state index in [-0.39, 0.29) is 18.0 Å². The number of carbonyl (C=O) groups is 1. The van der Waals surface area contributed by atoms with Crippen molar-refractivity contribution in [1.29, 1.82) is 0 Å². The molecule has 150 valence electrons. The van der Waals surface area contributed by atoms with Crippen LogP contribution in [0.25, 0.3) is 10.9 Å². The van der Waals surface area contributed by atoms with Crippen molar-refractivity contribution in [2.45, 2.75) is 6.54 Å². The molecule has 0 aliphatic carbocycles. The number of hydrogen-bond acceptors (Lipinski definition) is 3. The number of methoxy groups -OCH3 is 1. The number of aromatic nitrogens is 1. The molecule has 4 aromatic rings. The van der Waals surface area contributed by atoms with Gasteiger partial charge in [-0.25, -0.2) is 0 Å². The number of fused-ring (bicyclic) bond motifs is 1. The lowest BCUT2D eigenvalue weighted by Crippen LogP contribution is -2.33. The number of anilines is 1. The first-order valence-corrected chi connectivity index (χ1v) is 9.76. The number of hydrogen-bond donors (Lipinski definition) is 1. The van der Waals surface area contributed by atoms with Crippen molar-refractivity contribution in [2.24, 2.45) is 0 Å².